The third-order valence-corrected chi connectivity index (χ3v) is 5.89. The van der Waals surface area contributed by atoms with Crippen molar-refractivity contribution in [2.75, 3.05) is 20.1 Å². The summed E-state index contributed by atoms with van der Waals surface area (Å²) < 4.78 is 0. The predicted molar refractivity (Wildman–Crippen MR) is 90.1 cm³/mol. The molecule has 120 valence electrons. The first-order valence-electron chi connectivity index (χ1n) is 8.07. The molecule has 0 aromatic rings. The second-order valence-corrected chi connectivity index (χ2v) is 7.97. The van der Waals surface area contributed by atoms with Crippen LogP contribution in [0.4, 0.5) is 0 Å². The Labute approximate surface area is 133 Å². The van der Waals surface area contributed by atoms with E-state index in [2.05, 4.69) is 31.1 Å². The Kier molecular flexibility index (Phi) is 4.93. The van der Waals surface area contributed by atoms with Crippen LogP contribution < -0.4 is 11.1 Å². The summed E-state index contributed by atoms with van der Waals surface area (Å²) in [7, 11) is 2.09. The molecule has 21 heavy (non-hydrogen) atoms. The molecule has 0 bridgehead atoms. The average Bonchev–Trinajstić information content (AvgIpc) is 2.40. The van der Waals surface area contributed by atoms with Crippen molar-refractivity contribution in [3.63, 3.8) is 0 Å². The van der Waals surface area contributed by atoms with Crippen LogP contribution in [0.25, 0.3) is 0 Å². The van der Waals surface area contributed by atoms with E-state index in [0.717, 1.165) is 45.2 Å². The zero-order valence-electron chi connectivity index (χ0n) is 13.6. The van der Waals surface area contributed by atoms with Gasteiger partial charge in [-0.25, -0.2) is 0 Å². The molecule has 1 saturated heterocycles. The van der Waals surface area contributed by atoms with E-state index in [4.69, 9.17) is 18.0 Å². The molecule has 1 saturated carbocycles. The molecule has 1 atom stereocenters. The van der Waals surface area contributed by atoms with Crippen LogP contribution in [-0.2, 0) is 4.79 Å². The van der Waals surface area contributed by atoms with Crippen LogP contribution in [0.1, 0.15) is 52.4 Å². The van der Waals surface area contributed by atoms with Crippen LogP contribution >= 0.6 is 12.2 Å². The van der Waals surface area contributed by atoms with Gasteiger partial charge in [0.05, 0.1) is 10.5 Å². The number of amides is 1. The van der Waals surface area contributed by atoms with Crippen molar-refractivity contribution >= 4 is 23.1 Å². The summed E-state index contributed by atoms with van der Waals surface area (Å²) >= 11 is 5.29. The van der Waals surface area contributed by atoms with E-state index >= 15 is 0 Å². The Bertz CT molecular complexity index is 414. The summed E-state index contributed by atoms with van der Waals surface area (Å²) in [5.41, 5.74) is 5.59. The number of nitrogens with one attached hydrogen (secondary N) is 1. The highest BCUT2D eigenvalue weighted by Gasteiger charge is 2.43. The fourth-order valence-electron chi connectivity index (χ4n) is 3.74. The minimum absolute atomic E-state index is 0.0746. The molecule has 2 aliphatic rings. The van der Waals surface area contributed by atoms with Gasteiger partial charge in [0.2, 0.25) is 5.91 Å². The standard InChI is InChI=1S/C16H29N3OS/c1-15(2)7-5-4-6-12(15)13(20)18-16(14(17)21)8-10-19(3)11-9-16/h12H,4-11H2,1-3H3,(H2,17,21)(H,18,20). The third kappa shape index (κ3) is 3.57. The van der Waals surface area contributed by atoms with E-state index in [-0.39, 0.29) is 17.2 Å². The van der Waals surface area contributed by atoms with Crippen LogP contribution in [0.3, 0.4) is 0 Å². The molecular formula is C16H29N3OS. The second-order valence-electron chi connectivity index (χ2n) is 7.53. The topological polar surface area (TPSA) is 58.4 Å². The number of likely N-dealkylation sites (tertiary alicyclic amines) is 1. The Morgan fingerprint density at radius 1 is 1.24 bits per heavy atom. The van der Waals surface area contributed by atoms with Gasteiger partial charge >= 0.3 is 0 Å². The first kappa shape index (κ1) is 16.7. The molecule has 5 heteroatoms. The number of nitrogens with two attached hydrogens (primary N) is 1. The van der Waals surface area contributed by atoms with Gasteiger partial charge in [0, 0.05) is 19.0 Å². The molecule has 1 aliphatic carbocycles. The maximum Gasteiger partial charge on any atom is 0.224 e. The Morgan fingerprint density at radius 2 is 1.86 bits per heavy atom. The molecule has 0 spiro atoms. The van der Waals surface area contributed by atoms with Crippen molar-refractivity contribution in [3.8, 4) is 0 Å². The summed E-state index contributed by atoms with van der Waals surface area (Å²) in [5, 5.41) is 3.25. The van der Waals surface area contributed by atoms with Crippen LogP contribution in [0, 0.1) is 11.3 Å². The third-order valence-electron chi connectivity index (χ3n) is 5.50. The van der Waals surface area contributed by atoms with Gasteiger partial charge in [0.1, 0.15) is 0 Å². The minimum atomic E-state index is -0.480. The van der Waals surface area contributed by atoms with E-state index in [0.29, 0.717) is 4.99 Å². The average molecular weight is 311 g/mol. The molecule has 2 fully saturated rings. The fraction of sp³-hybridized carbons (Fsp3) is 0.875. The van der Waals surface area contributed by atoms with Crippen molar-refractivity contribution < 1.29 is 4.79 Å². The molecule has 4 nitrogen and oxygen atoms in total. The Hall–Kier alpha value is -0.680. The number of piperidine rings is 1. The Balaban J connectivity index is 2.10. The zero-order chi connectivity index (χ0) is 15.7. The monoisotopic (exact) mass is 311 g/mol. The lowest BCUT2D eigenvalue weighted by Crippen LogP contribution is -2.63. The quantitative estimate of drug-likeness (QED) is 0.784. The molecular weight excluding hydrogens is 282 g/mol. The van der Waals surface area contributed by atoms with Gasteiger partial charge in [-0.05, 0) is 38.1 Å². The summed E-state index contributed by atoms with van der Waals surface area (Å²) in [6.07, 6.45) is 6.10. The molecule has 1 unspecified atom stereocenters. The highest BCUT2D eigenvalue weighted by molar-refractivity contribution is 7.80. The lowest BCUT2D eigenvalue weighted by molar-refractivity contribution is -0.132. The molecule has 3 N–H and O–H groups in total. The van der Waals surface area contributed by atoms with E-state index in [1.54, 1.807) is 0 Å². The molecule has 1 aliphatic heterocycles. The molecule has 2 rings (SSSR count). The van der Waals surface area contributed by atoms with E-state index in [1.807, 2.05) is 0 Å². The minimum Gasteiger partial charge on any atom is -0.391 e. The lowest BCUT2D eigenvalue weighted by Gasteiger charge is -2.44. The van der Waals surface area contributed by atoms with Crippen molar-refractivity contribution in [2.45, 2.75) is 57.9 Å². The number of carbonyl (C=O) groups excluding carboxylic acids is 1. The molecule has 0 radical (unpaired) electrons. The second kappa shape index (κ2) is 6.21. The first-order chi connectivity index (χ1) is 9.77. The summed E-state index contributed by atoms with van der Waals surface area (Å²) in [6, 6.07) is 0. The normalized spacial score (nSPS) is 28.8. The predicted octanol–water partition coefficient (Wildman–Crippen LogP) is 2.07. The van der Waals surface area contributed by atoms with Gasteiger partial charge in [0.25, 0.3) is 0 Å². The summed E-state index contributed by atoms with van der Waals surface area (Å²) in [5.74, 6) is 0.231. The number of hydrogen-bond acceptors (Lipinski definition) is 3. The van der Waals surface area contributed by atoms with Crippen molar-refractivity contribution in [3.05, 3.63) is 0 Å². The van der Waals surface area contributed by atoms with Crippen LogP contribution in [0.2, 0.25) is 0 Å². The zero-order valence-corrected chi connectivity index (χ0v) is 14.4. The highest BCUT2D eigenvalue weighted by atomic mass is 32.1. The van der Waals surface area contributed by atoms with Crippen LogP contribution in [0.15, 0.2) is 0 Å². The summed E-state index contributed by atoms with van der Waals surface area (Å²) in [4.78, 5) is 15.5. The summed E-state index contributed by atoms with van der Waals surface area (Å²) in [6.45, 7) is 6.26. The number of hydrogen-bond donors (Lipinski definition) is 2. The highest BCUT2D eigenvalue weighted by Crippen LogP contribution is 2.41. The van der Waals surface area contributed by atoms with Gasteiger partial charge in [-0.3, -0.25) is 4.79 Å². The first-order valence-corrected chi connectivity index (χ1v) is 8.48. The van der Waals surface area contributed by atoms with Crippen molar-refractivity contribution in [1.82, 2.24) is 10.2 Å². The maximum atomic E-state index is 12.8. The largest absolute Gasteiger partial charge is 0.391 e. The van der Waals surface area contributed by atoms with E-state index in [1.165, 1.54) is 6.42 Å². The SMILES string of the molecule is CN1CCC(NC(=O)C2CCCCC2(C)C)(C(N)=S)CC1. The van der Waals surface area contributed by atoms with Gasteiger partial charge in [-0.2, -0.15) is 0 Å². The van der Waals surface area contributed by atoms with Crippen molar-refractivity contribution in [2.24, 2.45) is 17.1 Å². The molecule has 1 amide bonds. The fourth-order valence-corrected chi connectivity index (χ4v) is 3.99. The number of thiocarbonyl (C=S) groups is 1. The van der Waals surface area contributed by atoms with Crippen LogP contribution in [0.5, 0.6) is 0 Å². The van der Waals surface area contributed by atoms with Gasteiger partial charge in [0.15, 0.2) is 0 Å². The van der Waals surface area contributed by atoms with Gasteiger partial charge < -0.3 is 16.0 Å². The number of rotatable bonds is 3. The van der Waals surface area contributed by atoms with Crippen molar-refractivity contribution in [1.29, 1.82) is 0 Å². The van der Waals surface area contributed by atoms with E-state index < -0.39 is 5.54 Å². The van der Waals surface area contributed by atoms with Crippen LogP contribution in [-0.4, -0.2) is 41.5 Å². The molecule has 1 heterocycles. The smallest absolute Gasteiger partial charge is 0.224 e. The van der Waals surface area contributed by atoms with Gasteiger partial charge in [-0.1, -0.05) is 38.9 Å². The lowest BCUT2D eigenvalue weighted by atomic mass is 9.68. The molecule has 0 aromatic heterocycles. The number of carbonyl (C=O) groups is 1. The van der Waals surface area contributed by atoms with E-state index in [9.17, 15) is 4.79 Å². The van der Waals surface area contributed by atoms with Gasteiger partial charge in [-0.15, -0.1) is 0 Å². The number of nitrogens with zero attached hydrogens (tertiary/aromatic N) is 1. The molecule has 0 aromatic carbocycles. The Morgan fingerprint density at radius 3 is 2.38 bits per heavy atom. The maximum absolute atomic E-state index is 12.8.